The molecule has 0 aliphatic carbocycles. The topological polar surface area (TPSA) is 70.0 Å². The van der Waals surface area contributed by atoms with Gasteiger partial charge in [-0.2, -0.15) is 0 Å². The van der Waals surface area contributed by atoms with E-state index in [9.17, 15) is 13.5 Å². The maximum absolute atomic E-state index is 12.2. The Morgan fingerprint density at radius 3 is 2.46 bits per heavy atom. The predicted octanol–water partition coefficient (Wildman–Crippen LogP) is 4.01. The SMILES string of the molecule is Cc1ccc(S(=O)(=O)N(C)C)cc1N=Cc1cc(Cl)cc(Cl)c1O. The molecule has 2 rings (SSSR count). The maximum Gasteiger partial charge on any atom is 0.242 e. The Kier molecular flexibility index (Phi) is 5.55. The summed E-state index contributed by atoms with van der Waals surface area (Å²) in [7, 11) is -0.628. The molecule has 8 heteroatoms. The summed E-state index contributed by atoms with van der Waals surface area (Å²) in [5.41, 5.74) is 1.60. The molecule has 0 saturated heterocycles. The number of sulfonamides is 1. The van der Waals surface area contributed by atoms with Crippen molar-refractivity contribution in [2.45, 2.75) is 11.8 Å². The number of aliphatic imine (C=N–C) groups is 1. The fraction of sp³-hybridized carbons (Fsp3) is 0.188. The monoisotopic (exact) mass is 386 g/mol. The van der Waals surface area contributed by atoms with Crippen LogP contribution in [0, 0.1) is 6.92 Å². The highest BCUT2D eigenvalue weighted by molar-refractivity contribution is 7.89. The molecule has 0 bridgehead atoms. The first-order valence-corrected chi connectivity index (χ1v) is 9.08. The van der Waals surface area contributed by atoms with Crippen LogP contribution in [0.25, 0.3) is 0 Å². The number of phenolic OH excluding ortho intramolecular Hbond substituents is 1. The summed E-state index contributed by atoms with van der Waals surface area (Å²) in [5, 5.41) is 10.4. The number of hydrogen-bond acceptors (Lipinski definition) is 4. The molecule has 0 heterocycles. The molecule has 0 fully saturated rings. The number of benzene rings is 2. The van der Waals surface area contributed by atoms with Crippen molar-refractivity contribution in [3.8, 4) is 5.75 Å². The second-order valence-corrected chi connectivity index (χ2v) is 8.31. The highest BCUT2D eigenvalue weighted by atomic mass is 35.5. The zero-order chi connectivity index (χ0) is 18.1. The van der Waals surface area contributed by atoms with Crippen molar-refractivity contribution >= 4 is 45.1 Å². The number of hydrogen-bond donors (Lipinski definition) is 1. The Balaban J connectivity index is 2.47. The van der Waals surface area contributed by atoms with Crippen LogP contribution < -0.4 is 0 Å². The van der Waals surface area contributed by atoms with Crippen molar-refractivity contribution in [3.05, 3.63) is 51.5 Å². The van der Waals surface area contributed by atoms with E-state index in [-0.39, 0.29) is 15.7 Å². The highest BCUT2D eigenvalue weighted by Gasteiger charge is 2.18. The lowest BCUT2D eigenvalue weighted by Gasteiger charge is -2.12. The molecule has 0 aliphatic rings. The van der Waals surface area contributed by atoms with Gasteiger partial charge in [-0.1, -0.05) is 29.3 Å². The van der Waals surface area contributed by atoms with E-state index in [1.54, 1.807) is 6.07 Å². The molecule has 0 unspecified atom stereocenters. The third-order valence-corrected chi connectivity index (χ3v) is 5.68. The van der Waals surface area contributed by atoms with Crippen molar-refractivity contribution in [1.82, 2.24) is 4.31 Å². The van der Waals surface area contributed by atoms with E-state index in [0.29, 0.717) is 16.3 Å². The van der Waals surface area contributed by atoms with Crippen molar-refractivity contribution in [2.24, 2.45) is 4.99 Å². The van der Waals surface area contributed by atoms with E-state index >= 15 is 0 Å². The van der Waals surface area contributed by atoms with E-state index in [2.05, 4.69) is 4.99 Å². The molecule has 0 aromatic heterocycles. The Bertz CT molecular complexity index is 910. The van der Waals surface area contributed by atoms with Crippen LogP contribution >= 0.6 is 23.2 Å². The van der Waals surface area contributed by atoms with Gasteiger partial charge in [0.1, 0.15) is 5.75 Å². The Labute approximate surface area is 151 Å². The number of halogens is 2. The van der Waals surface area contributed by atoms with E-state index < -0.39 is 10.0 Å². The maximum atomic E-state index is 12.2. The minimum atomic E-state index is -3.55. The first-order chi connectivity index (χ1) is 11.1. The van der Waals surface area contributed by atoms with Crippen LogP contribution in [-0.2, 0) is 10.0 Å². The summed E-state index contributed by atoms with van der Waals surface area (Å²) < 4.78 is 25.6. The molecule has 0 amide bonds. The average Bonchev–Trinajstić information content (AvgIpc) is 2.50. The quantitative estimate of drug-likeness (QED) is 0.806. The molecule has 0 atom stereocenters. The van der Waals surface area contributed by atoms with Gasteiger partial charge in [0.2, 0.25) is 10.0 Å². The first kappa shape index (κ1) is 18.7. The van der Waals surface area contributed by atoms with Crippen LogP contribution in [0.4, 0.5) is 5.69 Å². The Morgan fingerprint density at radius 2 is 1.83 bits per heavy atom. The van der Waals surface area contributed by atoms with Gasteiger partial charge in [0.15, 0.2) is 0 Å². The van der Waals surface area contributed by atoms with Gasteiger partial charge in [-0.25, -0.2) is 12.7 Å². The fourth-order valence-electron chi connectivity index (χ4n) is 1.92. The van der Waals surface area contributed by atoms with Gasteiger partial charge in [0.25, 0.3) is 0 Å². The second-order valence-electron chi connectivity index (χ2n) is 5.32. The van der Waals surface area contributed by atoms with E-state index in [1.807, 2.05) is 6.92 Å². The molecular formula is C16H16Cl2N2O3S. The minimum Gasteiger partial charge on any atom is -0.506 e. The van der Waals surface area contributed by atoms with Crippen molar-refractivity contribution in [3.63, 3.8) is 0 Å². The van der Waals surface area contributed by atoms with Crippen molar-refractivity contribution in [1.29, 1.82) is 0 Å². The third-order valence-electron chi connectivity index (χ3n) is 3.36. The van der Waals surface area contributed by atoms with Gasteiger partial charge in [0, 0.05) is 30.9 Å². The normalized spacial score (nSPS) is 12.2. The third kappa shape index (κ3) is 3.89. The van der Waals surface area contributed by atoms with Crippen molar-refractivity contribution in [2.75, 3.05) is 14.1 Å². The molecule has 5 nitrogen and oxygen atoms in total. The molecule has 2 aromatic carbocycles. The van der Waals surface area contributed by atoms with Crippen LogP contribution in [0.3, 0.4) is 0 Å². The van der Waals surface area contributed by atoms with Gasteiger partial charge in [0.05, 0.1) is 15.6 Å². The Hall–Kier alpha value is -1.60. The molecule has 128 valence electrons. The van der Waals surface area contributed by atoms with Gasteiger partial charge >= 0.3 is 0 Å². The number of phenols is 1. The summed E-state index contributed by atoms with van der Waals surface area (Å²) in [6.45, 7) is 1.81. The molecule has 2 aromatic rings. The largest absolute Gasteiger partial charge is 0.506 e. The van der Waals surface area contributed by atoms with Crippen LogP contribution in [0.1, 0.15) is 11.1 Å². The zero-order valence-corrected chi connectivity index (χ0v) is 15.6. The second kappa shape index (κ2) is 7.11. The zero-order valence-electron chi connectivity index (χ0n) is 13.3. The number of rotatable bonds is 4. The predicted molar refractivity (Wildman–Crippen MR) is 97.4 cm³/mol. The van der Waals surface area contributed by atoms with Gasteiger partial charge in [-0.3, -0.25) is 4.99 Å². The molecular weight excluding hydrogens is 371 g/mol. The lowest BCUT2D eigenvalue weighted by Crippen LogP contribution is -2.22. The lowest BCUT2D eigenvalue weighted by molar-refractivity contribution is 0.475. The summed E-state index contributed by atoms with van der Waals surface area (Å²) in [6.07, 6.45) is 1.39. The molecule has 24 heavy (non-hydrogen) atoms. The number of nitrogens with zero attached hydrogens (tertiary/aromatic N) is 2. The van der Waals surface area contributed by atoms with E-state index in [4.69, 9.17) is 23.2 Å². The van der Waals surface area contributed by atoms with Gasteiger partial charge in [-0.15, -0.1) is 0 Å². The summed E-state index contributed by atoms with van der Waals surface area (Å²) in [6, 6.07) is 7.61. The van der Waals surface area contributed by atoms with E-state index in [1.165, 1.54) is 44.6 Å². The fourth-order valence-corrected chi connectivity index (χ4v) is 3.35. The lowest BCUT2D eigenvalue weighted by atomic mass is 10.2. The van der Waals surface area contributed by atoms with Gasteiger partial charge in [-0.05, 0) is 36.8 Å². The molecule has 0 saturated carbocycles. The highest BCUT2D eigenvalue weighted by Crippen LogP contribution is 2.31. The minimum absolute atomic E-state index is 0.115. The number of aryl methyl sites for hydroxylation is 1. The smallest absolute Gasteiger partial charge is 0.242 e. The van der Waals surface area contributed by atoms with Crippen molar-refractivity contribution < 1.29 is 13.5 Å². The first-order valence-electron chi connectivity index (χ1n) is 6.88. The van der Waals surface area contributed by atoms with Crippen LogP contribution in [0.15, 0.2) is 40.2 Å². The van der Waals surface area contributed by atoms with Crippen LogP contribution in [0.2, 0.25) is 10.0 Å². The van der Waals surface area contributed by atoms with Crippen LogP contribution in [-0.4, -0.2) is 38.1 Å². The summed E-state index contributed by atoms with van der Waals surface area (Å²) >= 11 is 11.8. The molecule has 0 aliphatic heterocycles. The standard InChI is InChI=1S/C16H16Cl2N2O3S/c1-10-4-5-13(24(22,23)20(2)3)8-15(10)19-9-11-6-12(17)7-14(18)16(11)21/h4-9,21H,1-3H3. The average molecular weight is 387 g/mol. The van der Waals surface area contributed by atoms with E-state index in [0.717, 1.165) is 9.87 Å². The molecule has 0 spiro atoms. The van der Waals surface area contributed by atoms with Gasteiger partial charge < -0.3 is 5.11 Å². The molecule has 0 radical (unpaired) electrons. The Morgan fingerprint density at radius 1 is 1.17 bits per heavy atom. The summed E-state index contributed by atoms with van der Waals surface area (Å²) in [5.74, 6) is -0.139. The number of aromatic hydroxyl groups is 1. The van der Waals surface area contributed by atoms with Crippen LogP contribution in [0.5, 0.6) is 5.75 Å². The summed E-state index contributed by atoms with van der Waals surface area (Å²) in [4.78, 5) is 4.40. The molecule has 1 N–H and O–H groups in total.